The van der Waals surface area contributed by atoms with Gasteiger partial charge in [0.2, 0.25) is 5.91 Å². The van der Waals surface area contributed by atoms with Crippen molar-refractivity contribution in [1.82, 2.24) is 4.98 Å². The van der Waals surface area contributed by atoms with Crippen molar-refractivity contribution in [2.75, 3.05) is 10.2 Å². The molecular weight excluding hydrogens is 445 g/mol. The summed E-state index contributed by atoms with van der Waals surface area (Å²) in [6, 6.07) is 23.2. The number of halogens is 2. The Hall–Kier alpha value is -3.41. The van der Waals surface area contributed by atoms with Crippen LogP contribution in [0.15, 0.2) is 85.1 Å². The SMILES string of the molecule is O=C1CC(C(=O)Nc2cccc(Cl)c2)(c2ccc3ncccc3c2)N1c1cccc(Cl)c1. The van der Waals surface area contributed by atoms with Gasteiger partial charge < -0.3 is 5.32 Å². The van der Waals surface area contributed by atoms with Crippen LogP contribution in [0.4, 0.5) is 11.4 Å². The molecule has 1 aliphatic rings. The second-order valence-corrected chi connectivity index (χ2v) is 8.49. The van der Waals surface area contributed by atoms with E-state index in [0.717, 1.165) is 10.9 Å². The summed E-state index contributed by atoms with van der Waals surface area (Å²) >= 11 is 12.3. The van der Waals surface area contributed by atoms with Gasteiger partial charge in [-0.3, -0.25) is 19.5 Å². The smallest absolute Gasteiger partial charge is 0.255 e. The molecule has 1 fully saturated rings. The molecule has 1 aliphatic heterocycles. The number of carbonyl (C=O) groups is 2. The maximum atomic E-state index is 13.8. The number of aromatic nitrogens is 1. The lowest BCUT2D eigenvalue weighted by atomic mass is 9.75. The molecule has 2 amide bonds. The van der Waals surface area contributed by atoms with Crippen molar-refractivity contribution < 1.29 is 9.59 Å². The van der Waals surface area contributed by atoms with Gasteiger partial charge in [0.05, 0.1) is 11.9 Å². The molecule has 5 rings (SSSR count). The molecule has 0 spiro atoms. The van der Waals surface area contributed by atoms with Gasteiger partial charge in [-0.05, 0) is 60.2 Å². The standard InChI is InChI=1S/C25H17Cl2N3O2/c26-18-5-1-7-20(13-18)29-24(32)25(17-9-10-22-16(12-17)4-3-11-28-22)15-23(31)30(25)21-8-2-6-19(27)14-21/h1-14H,15H2,(H,29,32). The minimum absolute atomic E-state index is 0.0255. The highest BCUT2D eigenvalue weighted by Crippen LogP contribution is 2.46. The average Bonchev–Trinajstić information content (AvgIpc) is 2.77. The summed E-state index contributed by atoms with van der Waals surface area (Å²) in [4.78, 5) is 32.5. The minimum atomic E-state index is -1.24. The lowest BCUT2D eigenvalue weighted by molar-refractivity contribution is -0.137. The number of rotatable bonds is 4. The fraction of sp³-hybridized carbons (Fsp3) is 0.0800. The second-order valence-electron chi connectivity index (χ2n) is 7.62. The summed E-state index contributed by atoms with van der Waals surface area (Å²) in [7, 11) is 0. The first kappa shape index (κ1) is 20.5. The Morgan fingerprint density at radius 3 is 2.47 bits per heavy atom. The topological polar surface area (TPSA) is 62.3 Å². The van der Waals surface area contributed by atoms with Crippen LogP contribution in [0.5, 0.6) is 0 Å². The molecule has 7 heteroatoms. The van der Waals surface area contributed by atoms with E-state index in [1.54, 1.807) is 54.7 Å². The number of hydrogen-bond acceptors (Lipinski definition) is 3. The van der Waals surface area contributed by atoms with E-state index in [1.165, 1.54) is 4.90 Å². The Balaban J connectivity index is 1.65. The van der Waals surface area contributed by atoms with E-state index in [9.17, 15) is 9.59 Å². The molecule has 1 aromatic heterocycles. The van der Waals surface area contributed by atoms with Gasteiger partial charge in [-0.25, -0.2) is 0 Å². The van der Waals surface area contributed by atoms with E-state index in [1.807, 2.05) is 30.3 Å². The molecule has 0 saturated carbocycles. The average molecular weight is 462 g/mol. The maximum Gasteiger partial charge on any atom is 0.255 e. The number of anilines is 2. The first-order valence-corrected chi connectivity index (χ1v) is 10.7. The number of pyridine rings is 1. The van der Waals surface area contributed by atoms with Crippen LogP contribution in [0, 0.1) is 0 Å². The number of nitrogens with zero attached hydrogens (tertiary/aromatic N) is 2. The quantitative estimate of drug-likeness (QED) is 0.389. The van der Waals surface area contributed by atoms with Crippen LogP contribution in [-0.2, 0) is 15.1 Å². The highest BCUT2D eigenvalue weighted by atomic mass is 35.5. The van der Waals surface area contributed by atoms with Crippen molar-refractivity contribution in [3.05, 3.63) is 101 Å². The Morgan fingerprint density at radius 2 is 1.72 bits per heavy atom. The molecule has 0 radical (unpaired) electrons. The van der Waals surface area contributed by atoms with Crippen molar-refractivity contribution in [3.63, 3.8) is 0 Å². The van der Waals surface area contributed by atoms with Crippen LogP contribution < -0.4 is 10.2 Å². The van der Waals surface area contributed by atoms with Crippen LogP contribution in [0.25, 0.3) is 10.9 Å². The fourth-order valence-corrected chi connectivity index (χ4v) is 4.53. The van der Waals surface area contributed by atoms with Gasteiger partial charge in [0.15, 0.2) is 5.54 Å². The van der Waals surface area contributed by atoms with Gasteiger partial charge in [-0.15, -0.1) is 0 Å². The van der Waals surface area contributed by atoms with Crippen LogP contribution >= 0.6 is 23.2 Å². The van der Waals surface area contributed by atoms with E-state index in [-0.39, 0.29) is 18.2 Å². The number of amides is 2. The van der Waals surface area contributed by atoms with Crippen molar-refractivity contribution in [2.24, 2.45) is 0 Å². The van der Waals surface area contributed by atoms with Gasteiger partial charge in [-0.1, -0.05) is 47.5 Å². The summed E-state index contributed by atoms with van der Waals surface area (Å²) in [5.41, 5.74) is 1.36. The Bertz CT molecular complexity index is 1370. The van der Waals surface area contributed by atoms with Crippen molar-refractivity contribution in [1.29, 1.82) is 0 Å². The van der Waals surface area contributed by atoms with E-state index in [4.69, 9.17) is 23.2 Å². The highest BCUT2D eigenvalue weighted by Gasteiger charge is 2.58. The molecule has 0 aliphatic carbocycles. The molecular formula is C25H17Cl2N3O2. The third-order valence-corrected chi connectivity index (χ3v) is 6.11. The zero-order valence-corrected chi connectivity index (χ0v) is 18.3. The number of β-lactam (4-membered cyclic amide) rings is 1. The largest absolute Gasteiger partial charge is 0.324 e. The fourth-order valence-electron chi connectivity index (χ4n) is 4.16. The Kier molecular flexibility index (Phi) is 5.08. The molecule has 158 valence electrons. The minimum Gasteiger partial charge on any atom is -0.324 e. The number of hydrogen-bond donors (Lipinski definition) is 1. The number of nitrogens with one attached hydrogen (secondary N) is 1. The molecule has 32 heavy (non-hydrogen) atoms. The molecule has 1 saturated heterocycles. The molecule has 1 atom stereocenters. The predicted molar refractivity (Wildman–Crippen MR) is 127 cm³/mol. The molecule has 0 bridgehead atoms. The molecule has 1 unspecified atom stereocenters. The first-order valence-electron chi connectivity index (χ1n) is 9.98. The molecule has 4 aromatic rings. The third-order valence-electron chi connectivity index (χ3n) is 5.64. The monoisotopic (exact) mass is 461 g/mol. The van der Waals surface area contributed by atoms with Crippen LogP contribution in [0.1, 0.15) is 12.0 Å². The Labute approximate surface area is 194 Å². The van der Waals surface area contributed by atoms with Gasteiger partial charge >= 0.3 is 0 Å². The third kappa shape index (κ3) is 3.40. The lowest BCUT2D eigenvalue weighted by Crippen LogP contribution is -2.67. The molecule has 1 N–H and O–H groups in total. The second kappa shape index (κ2) is 7.93. The van der Waals surface area contributed by atoms with Gasteiger partial charge in [0.25, 0.3) is 5.91 Å². The van der Waals surface area contributed by atoms with Crippen molar-refractivity contribution >= 4 is 57.3 Å². The number of carbonyl (C=O) groups excluding carboxylic acids is 2. The van der Waals surface area contributed by atoms with Crippen LogP contribution in [0.2, 0.25) is 10.0 Å². The number of fused-ring (bicyclic) bond motifs is 1. The van der Waals surface area contributed by atoms with E-state index < -0.39 is 5.54 Å². The summed E-state index contributed by atoms with van der Waals surface area (Å²) in [6.07, 6.45) is 1.74. The molecule has 3 aromatic carbocycles. The lowest BCUT2D eigenvalue weighted by Gasteiger charge is -2.50. The van der Waals surface area contributed by atoms with Crippen LogP contribution in [-0.4, -0.2) is 16.8 Å². The van der Waals surface area contributed by atoms with Crippen LogP contribution in [0.3, 0.4) is 0 Å². The normalized spacial score (nSPS) is 17.8. The summed E-state index contributed by atoms with van der Waals surface area (Å²) < 4.78 is 0. The predicted octanol–water partition coefficient (Wildman–Crippen LogP) is 5.81. The number of benzene rings is 3. The highest BCUT2D eigenvalue weighted by molar-refractivity contribution is 6.31. The van der Waals surface area contributed by atoms with E-state index in [2.05, 4.69) is 10.3 Å². The molecule has 5 nitrogen and oxygen atoms in total. The van der Waals surface area contributed by atoms with Crippen molar-refractivity contribution in [3.8, 4) is 0 Å². The summed E-state index contributed by atoms with van der Waals surface area (Å²) in [5.74, 6) is -0.498. The zero-order valence-electron chi connectivity index (χ0n) is 16.8. The Morgan fingerprint density at radius 1 is 0.938 bits per heavy atom. The van der Waals surface area contributed by atoms with E-state index >= 15 is 0 Å². The van der Waals surface area contributed by atoms with Gasteiger partial charge in [-0.2, -0.15) is 0 Å². The summed E-state index contributed by atoms with van der Waals surface area (Å²) in [5, 5.41) is 4.81. The van der Waals surface area contributed by atoms with Crippen molar-refractivity contribution in [2.45, 2.75) is 12.0 Å². The summed E-state index contributed by atoms with van der Waals surface area (Å²) in [6.45, 7) is 0. The zero-order chi connectivity index (χ0) is 22.3. The first-order chi connectivity index (χ1) is 15.5. The molecule has 2 heterocycles. The van der Waals surface area contributed by atoms with Gasteiger partial charge in [0, 0.05) is 33.0 Å². The van der Waals surface area contributed by atoms with E-state index in [0.29, 0.717) is 27.0 Å². The van der Waals surface area contributed by atoms with Gasteiger partial charge in [0.1, 0.15) is 0 Å². The maximum absolute atomic E-state index is 13.8.